The predicted octanol–water partition coefficient (Wildman–Crippen LogP) is 3.01. The topological polar surface area (TPSA) is 95.1 Å². The minimum absolute atomic E-state index is 0.0469. The van der Waals surface area contributed by atoms with E-state index >= 15 is 0 Å². The lowest BCUT2D eigenvalue weighted by Gasteiger charge is -2.24. The number of halogens is 4. The lowest BCUT2D eigenvalue weighted by atomic mass is 10.1. The highest BCUT2D eigenvalue weighted by atomic mass is 19.3. The second-order valence-corrected chi connectivity index (χ2v) is 7.54. The quantitative estimate of drug-likeness (QED) is 0.398. The number of hydrogen-bond donors (Lipinski definition) is 2. The number of hydrogen-bond acceptors (Lipinski definition) is 6. The molecular formula is C24H28F4N2O6. The molecule has 2 N–H and O–H groups in total. The number of alkyl halides is 4. The Bertz CT molecular complexity index is 981. The first kappa shape index (κ1) is 28.5. The molecule has 0 radical (unpaired) electrons. The summed E-state index contributed by atoms with van der Waals surface area (Å²) in [6.07, 6.45) is 0.0938. The number of ether oxygens (including phenoxy) is 4. The van der Waals surface area contributed by atoms with Gasteiger partial charge in [-0.1, -0.05) is 12.1 Å². The predicted molar refractivity (Wildman–Crippen MR) is 122 cm³/mol. The zero-order valence-electron chi connectivity index (χ0n) is 20.3. The molecule has 0 saturated carbocycles. The standard InChI is InChI=1S/C24H28F4N2O6/c1-33-17-7-5-15(13-19(17)35-3)9-11-29-21(31)23(25,26)24(27,28)22(32)30-12-10-16-6-8-18(34-2)20(14-16)36-4/h5-8,13-14H,9-12H2,1-4H3,(H,29,31)(H,30,32). The van der Waals surface area contributed by atoms with Crippen LogP contribution in [0.2, 0.25) is 0 Å². The highest BCUT2D eigenvalue weighted by Crippen LogP contribution is 2.35. The summed E-state index contributed by atoms with van der Waals surface area (Å²) in [4.78, 5) is 23.7. The molecule has 0 aliphatic rings. The van der Waals surface area contributed by atoms with E-state index in [1.165, 1.54) is 28.4 Å². The van der Waals surface area contributed by atoms with Gasteiger partial charge in [0.25, 0.3) is 11.8 Å². The largest absolute Gasteiger partial charge is 0.493 e. The molecule has 36 heavy (non-hydrogen) atoms. The number of carbonyl (C=O) groups excluding carboxylic acids is 2. The summed E-state index contributed by atoms with van der Waals surface area (Å²) in [5.41, 5.74) is 1.16. The fourth-order valence-corrected chi connectivity index (χ4v) is 3.22. The molecule has 12 heteroatoms. The van der Waals surface area contributed by atoms with Crippen LogP contribution in [0.25, 0.3) is 0 Å². The molecule has 2 aromatic rings. The minimum Gasteiger partial charge on any atom is -0.493 e. The van der Waals surface area contributed by atoms with E-state index in [0.29, 0.717) is 34.1 Å². The molecule has 2 aromatic carbocycles. The molecule has 0 aromatic heterocycles. The van der Waals surface area contributed by atoms with E-state index in [9.17, 15) is 27.2 Å². The van der Waals surface area contributed by atoms with Crippen LogP contribution in [0.5, 0.6) is 23.0 Å². The number of carbonyl (C=O) groups is 2. The third-order valence-electron chi connectivity index (χ3n) is 5.26. The number of amides is 2. The van der Waals surface area contributed by atoms with E-state index in [4.69, 9.17) is 18.9 Å². The summed E-state index contributed by atoms with van der Waals surface area (Å²) >= 11 is 0. The third kappa shape index (κ3) is 6.49. The smallest absolute Gasteiger partial charge is 0.395 e. The first-order valence-electron chi connectivity index (χ1n) is 10.8. The fraction of sp³-hybridized carbons (Fsp3) is 0.417. The second kappa shape index (κ2) is 12.3. The van der Waals surface area contributed by atoms with E-state index in [1.807, 2.05) is 0 Å². The molecular weight excluding hydrogens is 488 g/mol. The van der Waals surface area contributed by atoms with Crippen LogP contribution >= 0.6 is 0 Å². The normalized spacial score (nSPS) is 11.4. The van der Waals surface area contributed by atoms with Crippen molar-refractivity contribution in [3.05, 3.63) is 47.5 Å². The Hall–Kier alpha value is -3.70. The maximum absolute atomic E-state index is 14.2. The molecule has 2 amide bonds. The molecule has 0 aliphatic carbocycles. The second-order valence-electron chi connectivity index (χ2n) is 7.54. The van der Waals surface area contributed by atoms with E-state index in [0.717, 1.165) is 0 Å². The summed E-state index contributed by atoms with van der Waals surface area (Å²) in [6.45, 7) is -0.748. The van der Waals surface area contributed by atoms with Crippen LogP contribution in [0, 0.1) is 0 Å². The number of methoxy groups -OCH3 is 4. The molecule has 0 atom stereocenters. The van der Waals surface area contributed by atoms with Crippen LogP contribution in [0.1, 0.15) is 11.1 Å². The zero-order chi connectivity index (χ0) is 26.9. The van der Waals surface area contributed by atoms with E-state index in [1.54, 1.807) is 47.0 Å². The maximum Gasteiger partial charge on any atom is 0.395 e. The number of nitrogens with one attached hydrogen (secondary N) is 2. The summed E-state index contributed by atoms with van der Waals surface area (Å²) in [5.74, 6) is -13.4. The lowest BCUT2D eigenvalue weighted by Crippen LogP contribution is -2.59. The Morgan fingerprint density at radius 2 is 0.972 bits per heavy atom. The van der Waals surface area contributed by atoms with Crippen molar-refractivity contribution in [2.45, 2.75) is 24.7 Å². The van der Waals surface area contributed by atoms with Gasteiger partial charge < -0.3 is 29.6 Å². The molecule has 8 nitrogen and oxygen atoms in total. The Morgan fingerprint density at radius 3 is 1.28 bits per heavy atom. The van der Waals surface area contributed by atoms with E-state index in [-0.39, 0.29) is 25.9 Å². The monoisotopic (exact) mass is 516 g/mol. The van der Waals surface area contributed by atoms with Gasteiger partial charge in [0.05, 0.1) is 28.4 Å². The van der Waals surface area contributed by atoms with Crippen LogP contribution in [-0.2, 0) is 22.4 Å². The Morgan fingerprint density at radius 1 is 0.639 bits per heavy atom. The van der Waals surface area contributed by atoms with E-state index < -0.39 is 23.7 Å². The van der Waals surface area contributed by atoms with E-state index in [2.05, 4.69) is 0 Å². The Balaban J connectivity index is 1.92. The van der Waals surface area contributed by atoms with Crippen molar-refractivity contribution in [1.82, 2.24) is 10.6 Å². The van der Waals surface area contributed by atoms with Crippen LogP contribution in [0.4, 0.5) is 17.6 Å². The summed E-state index contributed by atoms with van der Waals surface area (Å²) < 4.78 is 77.3. The van der Waals surface area contributed by atoms with Crippen molar-refractivity contribution < 1.29 is 46.1 Å². The third-order valence-corrected chi connectivity index (χ3v) is 5.26. The zero-order valence-corrected chi connectivity index (χ0v) is 20.3. The first-order chi connectivity index (χ1) is 17.0. The van der Waals surface area contributed by atoms with Crippen molar-refractivity contribution >= 4 is 11.8 Å². The van der Waals surface area contributed by atoms with Crippen molar-refractivity contribution in [3.63, 3.8) is 0 Å². The number of benzene rings is 2. The highest BCUT2D eigenvalue weighted by Gasteiger charge is 2.66. The van der Waals surface area contributed by atoms with Gasteiger partial charge >= 0.3 is 11.8 Å². The summed E-state index contributed by atoms with van der Waals surface area (Å²) in [6, 6.07) is 9.47. The molecule has 198 valence electrons. The Labute approximate surface area is 205 Å². The van der Waals surface area contributed by atoms with Crippen LogP contribution in [0.3, 0.4) is 0 Å². The van der Waals surface area contributed by atoms with Gasteiger partial charge in [-0.05, 0) is 48.2 Å². The van der Waals surface area contributed by atoms with Crippen LogP contribution in [0.15, 0.2) is 36.4 Å². The van der Waals surface area contributed by atoms with Crippen molar-refractivity contribution in [2.24, 2.45) is 0 Å². The van der Waals surface area contributed by atoms with Gasteiger partial charge in [-0.3, -0.25) is 9.59 Å². The summed E-state index contributed by atoms with van der Waals surface area (Å²) in [7, 11) is 5.69. The first-order valence-corrected chi connectivity index (χ1v) is 10.8. The highest BCUT2D eigenvalue weighted by molar-refractivity contribution is 5.95. The van der Waals surface area contributed by atoms with Gasteiger partial charge in [0.2, 0.25) is 0 Å². The average molecular weight is 516 g/mol. The summed E-state index contributed by atoms with van der Waals surface area (Å²) in [5, 5.41) is 3.51. The van der Waals surface area contributed by atoms with Gasteiger partial charge in [0.1, 0.15) is 0 Å². The Kier molecular flexibility index (Phi) is 9.76. The number of rotatable bonds is 13. The molecule has 2 rings (SSSR count). The molecule has 0 spiro atoms. The van der Waals surface area contributed by atoms with Crippen LogP contribution in [-0.4, -0.2) is 65.2 Å². The van der Waals surface area contributed by atoms with Crippen molar-refractivity contribution in [1.29, 1.82) is 0 Å². The SMILES string of the molecule is COc1ccc(CCNC(=O)C(F)(F)C(F)(F)C(=O)NCCc2ccc(OC)c(OC)c2)cc1OC. The maximum atomic E-state index is 14.2. The molecule has 0 bridgehead atoms. The van der Waals surface area contributed by atoms with Crippen LogP contribution < -0.4 is 29.6 Å². The fourth-order valence-electron chi connectivity index (χ4n) is 3.22. The minimum atomic E-state index is -5.27. The van der Waals surface area contributed by atoms with Crippen molar-refractivity contribution in [3.8, 4) is 23.0 Å². The van der Waals surface area contributed by atoms with Gasteiger partial charge in [-0.2, -0.15) is 17.6 Å². The molecule has 0 heterocycles. The van der Waals surface area contributed by atoms with Crippen molar-refractivity contribution in [2.75, 3.05) is 41.5 Å². The molecule has 0 aliphatic heterocycles. The van der Waals surface area contributed by atoms with Gasteiger partial charge in [-0.25, -0.2) is 0 Å². The van der Waals surface area contributed by atoms with Gasteiger partial charge in [0.15, 0.2) is 23.0 Å². The molecule has 0 saturated heterocycles. The lowest BCUT2D eigenvalue weighted by molar-refractivity contribution is -0.211. The molecule has 0 fully saturated rings. The average Bonchev–Trinajstić information content (AvgIpc) is 2.87. The molecule has 0 unspecified atom stereocenters. The van der Waals surface area contributed by atoms with Gasteiger partial charge in [-0.15, -0.1) is 0 Å². The van der Waals surface area contributed by atoms with Gasteiger partial charge in [0, 0.05) is 13.1 Å².